The molecular weight excluding hydrogens is 309 g/mol. The van der Waals surface area contributed by atoms with Crippen LogP contribution in [0.15, 0.2) is 18.2 Å². The lowest BCUT2D eigenvalue weighted by atomic mass is 9.89. The zero-order chi connectivity index (χ0) is 17.1. The van der Waals surface area contributed by atoms with Crippen molar-refractivity contribution in [2.45, 2.75) is 44.6 Å². The van der Waals surface area contributed by atoms with E-state index in [0.29, 0.717) is 18.5 Å². The van der Waals surface area contributed by atoms with Crippen LogP contribution in [0.3, 0.4) is 0 Å². The molecule has 0 spiro atoms. The highest BCUT2D eigenvalue weighted by Gasteiger charge is 2.27. The quantitative estimate of drug-likeness (QED) is 0.830. The molecule has 2 heterocycles. The van der Waals surface area contributed by atoms with Gasteiger partial charge in [-0.15, -0.1) is 0 Å². The van der Waals surface area contributed by atoms with Crippen LogP contribution in [0.4, 0.5) is 10.1 Å². The Morgan fingerprint density at radius 2 is 2.00 bits per heavy atom. The minimum absolute atomic E-state index is 0.220. The molecule has 0 bridgehead atoms. The highest BCUT2D eigenvalue weighted by Crippen LogP contribution is 2.31. The zero-order valence-corrected chi connectivity index (χ0v) is 14.0. The van der Waals surface area contributed by atoms with E-state index in [1.165, 1.54) is 6.07 Å². The van der Waals surface area contributed by atoms with Gasteiger partial charge in [0.15, 0.2) is 0 Å². The Labute approximate surface area is 141 Å². The zero-order valence-electron chi connectivity index (χ0n) is 14.0. The van der Waals surface area contributed by atoms with E-state index in [0.717, 1.165) is 38.0 Å². The number of piperidine rings is 2. The number of halogens is 1. The summed E-state index contributed by atoms with van der Waals surface area (Å²) in [5.74, 6) is -0.555. The second kappa shape index (κ2) is 7.30. The number of carbonyl (C=O) groups excluding carboxylic acids is 2. The molecule has 2 fully saturated rings. The van der Waals surface area contributed by atoms with Crippen LogP contribution in [-0.4, -0.2) is 42.4 Å². The molecule has 2 amide bonds. The Hall–Kier alpha value is -1.95. The molecule has 6 heteroatoms. The van der Waals surface area contributed by atoms with Gasteiger partial charge in [0.1, 0.15) is 11.9 Å². The summed E-state index contributed by atoms with van der Waals surface area (Å²) in [6, 6.07) is 4.63. The molecule has 1 unspecified atom stereocenters. The Morgan fingerprint density at radius 1 is 1.25 bits per heavy atom. The Bertz CT molecular complexity index is 627. The minimum atomic E-state index is -0.485. The second-order valence-corrected chi connectivity index (χ2v) is 6.59. The van der Waals surface area contributed by atoms with Crippen LogP contribution in [0.1, 0.15) is 44.1 Å². The van der Waals surface area contributed by atoms with Crippen LogP contribution >= 0.6 is 0 Å². The summed E-state index contributed by atoms with van der Waals surface area (Å²) in [4.78, 5) is 25.3. The third kappa shape index (κ3) is 3.75. The molecule has 3 rings (SSSR count). The first-order valence-electron chi connectivity index (χ1n) is 8.69. The summed E-state index contributed by atoms with van der Waals surface area (Å²) >= 11 is 0. The molecular formula is C18H24FN3O2. The van der Waals surface area contributed by atoms with E-state index in [-0.39, 0.29) is 23.5 Å². The van der Waals surface area contributed by atoms with E-state index in [4.69, 9.17) is 0 Å². The average molecular weight is 333 g/mol. The maximum Gasteiger partial charge on any atom is 0.249 e. The summed E-state index contributed by atoms with van der Waals surface area (Å²) < 4.78 is 14.5. The van der Waals surface area contributed by atoms with E-state index in [1.54, 1.807) is 0 Å². The third-order valence-corrected chi connectivity index (χ3v) is 5.06. The molecule has 1 atom stereocenters. The Kier molecular flexibility index (Phi) is 5.14. The van der Waals surface area contributed by atoms with Gasteiger partial charge in [-0.2, -0.15) is 0 Å². The predicted molar refractivity (Wildman–Crippen MR) is 90.3 cm³/mol. The first-order chi connectivity index (χ1) is 11.6. The van der Waals surface area contributed by atoms with Gasteiger partial charge in [0.25, 0.3) is 0 Å². The molecule has 2 aliphatic rings. The van der Waals surface area contributed by atoms with Crippen LogP contribution in [-0.2, 0) is 9.59 Å². The fraction of sp³-hybridized carbons (Fsp3) is 0.556. The van der Waals surface area contributed by atoms with Crippen LogP contribution in [0.2, 0.25) is 0 Å². The third-order valence-electron chi connectivity index (χ3n) is 5.06. The van der Waals surface area contributed by atoms with Crippen molar-refractivity contribution in [2.75, 3.05) is 25.0 Å². The van der Waals surface area contributed by atoms with E-state index < -0.39 is 6.04 Å². The molecule has 2 aliphatic heterocycles. The maximum atomic E-state index is 14.5. The lowest BCUT2D eigenvalue weighted by molar-refractivity contribution is -0.133. The highest BCUT2D eigenvalue weighted by molar-refractivity contribution is 6.01. The van der Waals surface area contributed by atoms with Gasteiger partial charge in [0, 0.05) is 12.1 Å². The number of likely N-dealkylation sites (tertiary alicyclic amines) is 1. The van der Waals surface area contributed by atoms with Gasteiger partial charge in [-0.3, -0.25) is 14.9 Å². The number of nitrogens with one attached hydrogen (secondary N) is 2. The van der Waals surface area contributed by atoms with E-state index in [9.17, 15) is 14.0 Å². The molecule has 0 radical (unpaired) electrons. The highest BCUT2D eigenvalue weighted by atomic mass is 19.1. The number of anilines is 1. The van der Waals surface area contributed by atoms with Gasteiger partial charge in [0.2, 0.25) is 11.8 Å². The molecule has 0 aromatic heterocycles. The maximum absolute atomic E-state index is 14.5. The van der Waals surface area contributed by atoms with Crippen molar-refractivity contribution in [1.82, 2.24) is 10.2 Å². The van der Waals surface area contributed by atoms with E-state index in [2.05, 4.69) is 22.5 Å². The van der Waals surface area contributed by atoms with Gasteiger partial charge in [-0.25, -0.2) is 4.39 Å². The number of amides is 2. The second-order valence-electron chi connectivity index (χ2n) is 6.59. The number of rotatable bonds is 4. The van der Waals surface area contributed by atoms with Crippen LogP contribution in [0.25, 0.3) is 0 Å². The van der Waals surface area contributed by atoms with Gasteiger partial charge >= 0.3 is 0 Å². The summed E-state index contributed by atoms with van der Waals surface area (Å²) in [5.41, 5.74) is 1.34. The molecule has 24 heavy (non-hydrogen) atoms. The average Bonchev–Trinajstić information content (AvgIpc) is 2.58. The van der Waals surface area contributed by atoms with Gasteiger partial charge < -0.3 is 10.2 Å². The van der Waals surface area contributed by atoms with Crippen molar-refractivity contribution < 1.29 is 14.0 Å². The predicted octanol–water partition coefficient (Wildman–Crippen LogP) is 2.24. The summed E-state index contributed by atoms with van der Waals surface area (Å²) in [6.45, 7) is 5.22. The molecule has 1 aromatic carbocycles. The first kappa shape index (κ1) is 16.9. The number of imide groups is 1. The van der Waals surface area contributed by atoms with E-state index in [1.807, 2.05) is 12.1 Å². The molecule has 0 saturated carbocycles. The van der Waals surface area contributed by atoms with Gasteiger partial charge in [-0.1, -0.05) is 13.0 Å². The van der Waals surface area contributed by atoms with Crippen molar-refractivity contribution in [3.63, 3.8) is 0 Å². The fourth-order valence-electron chi connectivity index (χ4n) is 3.54. The van der Waals surface area contributed by atoms with Crippen molar-refractivity contribution in [3.8, 4) is 0 Å². The Balaban J connectivity index is 1.64. The molecule has 2 saturated heterocycles. The topological polar surface area (TPSA) is 61.4 Å². The van der Waals surface area contributed by atoms with Crippen LogP contribution in [0.5, 0.6) is 0 Å². The number of carbonyl (C=O) groups is 2. The normalized spacial score (nSPS) is 23.2. The van der Waals surface area contributed by atoms with Crippen molar-refractivity contribution in [3.05, 3.63) is 29.6 Å². The van der Waals surface area contributed by atoms with Crippen molar-refractivity contribution in [1.29, 1.82) is 0 Å². The molecule has 1 aromatic rings. The number of hydrogen-bond donors (Lipinski definition) is 2. The largest absolute Gasteiger partial charge is 0.374 e. The van der Waals surface area contributed by atoms with Crippen molar-refractivity contribution >= 4 is 17.5 Å². The van der Waals surface area contributed by atoms with Gasteiger partial charge in [-0.05, 0) is 62.5 Å². The SMILES string of the molecule is CCN1CCC(c2ccc(NC3CCC(=O)NC3=O)cc2F)CC1. The molecule has 0 aliphatic carbocycles. The van der Waals surface area contributed by atoms with E-state index >= 15 is 0 Å². The number of benzene rings is 1. The van der Waals surface area contributed by atoms with Crippen LogP contribution in [0, 0.1) is 5.82 Å². The standard InChI is InChI=1S/C18H24FN3O2/c1-2-22-9-7-12(8-10-22)14-4-3-13(11-15(14)19)20-16-5-6-17(23)21-18(16)24/h3-4,11-12,16,20H,2,5-10H2,1H3,(H,21,23,24). The van der Waals surface area contributed by atoms with Crippen LogP contribution < -0.4 is 10.6 Å². The first-order valence-corrected chi connectivity index (χ1v) is 8.69. The minimum Gasteiger partial charge on any atom is -0.374 e. The monoisotopic (exact) mass is 333 g/mol. The molecule has 5 nitrogen and oxygen atoms in total. The van der Waals surface area contributed by atoms with Gasteiger partial charge in [0.05, 0.1) is 0 Å². The summed E-state index contributed by atoms with van der Waals surface area (Å²) in [6.07, 6.45) is 2.69. The lowest BCUT2D eigenvalue weighted by Crippen LogP contribution is -2.47. The number of nitrogens with zero attached hydrogens (tertiary/aromatic N) is 1. The van der Waals surface area contributed by atoms with Crippen molar-refractivity contribution in [2.24, 2.45) is 0 Å². The smallest absolute Gasteiger partial charge is 0.249 e. The summed E-state index contributed by atoms with van der Waals surface area (Å²) in [7, 11) is 0. The molecule has 130 valence electrons. The fourth-order valence-corrected chi connectivity index (χ4v) is 3.54. The lowest BCUT2D eigenvalue weighted by Gasteiger charge is -2.31. The Morgan fingerprint density at radius 3 is 2.62 bits per heavy atom. The number of hydrogen-bond acceptors (Lipinski definition) is 4. The molecule has 2 N–H and O–H groups in total. The summed E-state index contributed by atoms with van der Waals surface area (Å²) in [5, 5.41) is 5.32.